The van der Waals surface area contributed by atoms with Gasteiger partial charge in [0.1, 0.15) is 0 Å². The lowest BCUT2D eigenvalue weighted by atomic mass is 9.99. The van der Waals surface area contributed by atoms with E-state index in [1.165, 1.54) is 0 Å². The second-order valence-corrected chi connectivity index (χ2v) is 8.28. The van der Waals surface area contributed by atoms with Gasteiger partial charge in [0.25, 0.3) is 5.91 Å². The van der Waals surface area contributed by atoms with E-state index < -0.39 is 6.04 Å². The lowest BCUT2D eigenvalue weighted by Gasteiger charge is -2.41. The first-order valence-corrected chi connectivity index (χ1v) is 11.1. The summed E-state index contributed by atoms with van der Waals surface area (Å²) in [5, 5.41) is 3.09. The molecule has 0 bridgehead atoms. The Morgan fingerprint density at radius 3 is 2.12 bits per heavy atom. The Balaban J connectivity index is 1.55. The van der Waals surface area contributed by atoms with Crippen molar-refractivity contribution in [2.45, 2.75) is 18.5 Å². The standard InChI is InChI=1S/C27H29N3O2/c1-29-17-18-30(25(20-29)22-13-7-3-8-14-22)26(31)19-24(21-11-5-2-6-12-21)28-27(32)23-15-9-4-10-16-23/h2-16,24-25H,17-20H2,1H3,(H,28,32). The molecule has 1 N–H and O–H groups in total. The molecule has 4 rings (SSSR count). The molecule has 1 fully saturated rings. The maximum absolute atomic E-state index is 13.5. The van der Waals surface area contributed by atoms with Gasteiger partial charge in [0.2, 0.25) is 5.91 Å². The van der Waals surface area contributed by atoms with E-state index in [-0.39, 0.29) is 24.3 Å². The molecule has 5 heteroatoms. The third-order valence-electron chi connectivity index (χ3n) is 6.01. The zero-order valence-corrected chi connectivity index (χ0v) is 18.4. The molecule has 3 aromatic carbocycles. The van der Waals surface area contributed by atoms with Crippen LogP contribution in [0, 0.1) is 0 Å². The van der Waals surface area contributed by atoms with Crippen molar-refractivity contribution in [3.05, 3.63) is 108 Å². The number of likely N-dealkylation sites (N-methyl/N-ethyl adjacent to an activating group) is 1. The molecule has 2 unspecified atom stereocenters. The molecule has 1 aliphatic heterocycles. The molecule has 2 amide bonds. The predicted octanol–water partition coefficient (Wildman–Crippen LogP) is 4.06. The monoisotopic (exact) mass is 427 g/mol. The smallest absolute Gasteiger partial charge is 0.251 e. The molecular weight excluding hydrogens is 398 g/mol. The topological polar surface area (TPSA) is 52.6 Å². The number of benzene rings is 3. The molecule has 0 aliphatic carbocycles. The highest BCUT2D eigenvalue weighted by Crippen LogP contribution is 2.28. The zero-order chi connectivity index (χ0) is 22.3. The van der Waals surface area contributed by atoms with E-state index in [2.05, 4.69) is 29.4 Å². The average molecular weight is 428 g/mol. The molecular formula is C27H29N3O2. The van der Waals surface area contributed by atoms with Gasteiger partial charge in [0, 0.05) is 25.2 Å². The van der Waals surface area contributed by atoms with Crippen molar-refractivity contribution in [1.29, 1.82) is 0 Å². The van der Waals surface area contributed by atoms with Crippen LogP contribution >= 0.6 is 0 Å². The highest BCUT2D eigenvalue weighted by atomic mass is 16.2. The predicted molar refractivity (Wildman–Crippen MR) is 126 cm³/mol. The minimum absolute atomic E-state index is 0.00342. The number of piperazine rings is 1. The van der Waals surface area contributed by atoms with Gasteiger partial charge in [-0.1, -0.05) is 78.9 Å². The fourth-order valence-electron chi connectivity index (χ4n) is 4.24. The number of rotatable bonds is 6. The Morgan fingerprint density at radius 1 is 0.875 bits per heavy atom. The summed E-state index contributed by atoms with van der Waals surface area (Å²) in [6.45, 7) is 2.30. The number of hydrogen-bond acceptors (Lipinski definition) is 3. The van der Waals surface area contributed by atoms with Crippen LogP contribution < -0.4 is 5.32 Å². The molecule has 1 aliphatic rings. The van der Waals surface area contributed by atoms with Gasteiger partial charge in [0.15, 0.2) is 0 Å². The molecule has 1 saturated heterocycles. The number of carbonyl (C=O) groups is 2. The lowest BCUT2D eigenvalue weighted by molar-refractivity contribution is -0.136. The maximum Gasteiger partial charge on any atom is 0.251 e. The van der Waals surface area contributed by atoms with E-state index in [0.29, 0.717) is 12.1 Å². The Bertz CT molecular complexity index is 1020. The molecule has 32 heavy (non-hydrogen) atoms. The van der Waals surface area contributed by atoms with Crippen LogP contribution in [0.15, 0.2) is 91.0 Å². The Morgan fingerprint density at radius 2 is 1.47 bits per heavy atom. The van der Waals surface area contributed by atoms with Crippen LogP contribution in [0.1, 0.15) is 40.0 Å². The molecule has 0 saturated carbocycles. The van der Waals surface area contributed by atoms with Gasteiger partial charge >= 0.3 is 0 Å². The van der Waals surface area contributed by atoms with Crippen molar-refractivity contribution < 1.29 is 9.59 Å². The number of carbonyl (C=O) groups excluding carboxylic acids is 2. The van der Waals surface area contributed by atoms with Gasteiger partial charge in [-0.2, -0.15) is 0 Å². The lowest BCUT2D eigenvalue weighted by Crippen LogP contribution is -2.50. The van der Waals surface area contributed by atoms with Gasteiger partial charge in [-0.3, -0.25) is 9.59 Å². The first-order chi connectivity index (χ1) is 15.6. The molecule has 0 aromatic heterocycles. The molecule has 164 valence electrons. The van der Waals surface area contributed by atoms with Crippen molar-refractivity contribution in [3.63, 3.8) is 0 Å². The van der Waals surface area contributed by atoms with E-state index in [4.69, 9.17) is 0 Å². The number of nitrogens with one attached hydrogen (secondary N) is 1. The largest absolute Gasteiger partial charge is 0.345 e. The van der Waals surface area contributed by atoms with Gasteiger partial charge < -0.3 is 15.1 Å². The van der Waals surface area contributed by atoms with Crippen molar-refractivity contribution >= 4 is 11.8 Å². The number of amides is 2. The van der Waals surface area contributed by atoms with E-state index in [0.717, 1.165) is 24.2 Å². The van der Waals surface area contributed by atoms with E-state index in [1.54, 1.807) is 12.1 Å². The van der Waals surface area contributed by atoms with Crippen LogP contribution in [0.5, 0.6) is 0 Å². The van der Waals surface area contributed by atoms with Gasteiger partial charge in [-0.15, -0.1) is 0 Å². The zero-order valence-electron chi connectivity index (χ0n) is 18.4. The third-order valence-corrected chi connectivity index (χ3v) is 6.01. The van der Waals surface area contributed by atoms with E-state index in [9.17, 15) is 9.59 Å². The van der Waals surface area contributed by atoms with E-state index in [1.807, 2.05) is 71.6 Å². The summed E-state index contributed by atoms with van der Waals surface area (Å²) in [4.78, 5) is 30.6. The highest BCUT2D eigenvalue weighted by Gasteiger charge is 2.32. The molecule has 1 heterocycles. The second kappa shape index (κ2) is 10.2. The van der Waals surface area contributed by atoms with Crippen molar-refractivity contribution in [1.82, 2.24) is 15.1 Å². The number of hydrogen-bond donors (Lipinski definition) is 1. The maximum atomic E-state index is 13.5. The van der Waals surface area contributed by atoms with Crippen molar-refractivity contribution in [2.24, 2.45) is 0 Å². The van der Waals surface area contributed by atoms with Crippen LogP contribution in [-0.4, -0.2) is 48.3 Å². The summed E-state index contributed by atoms with van der Waals surface area (Å²) in [6, 6.07) is 28.6. The van der Waals surface area contributed by atoms with Crippen LogP contribution in [0.2, 0.25) is 0 Å². The second-order valence-electron chi connectivity index (χ2n) is 8.28. The molecule has 3 aromatic rings. The first kappa shape index (κ1) is 21.8. The Labute approximate surface area is 189 Å². The van der Waals surface area contributed by atoms with Crippen LogP contribution in [0.25, 0.3) is 0 Å². The Kier molecular flexibility index (Phi) is 6.97. The molecule has 2 atom stereocenters. The fourth-order valence-corrected chi connectivity index (χ4v) is 4.24. The van der Waals surface area contributed by atoms with Crippen LogP contribution in [0.3, 0.4) is 0 Å². The third kappa shape index (κ3) is 5.24. The number of nitrogens with zero attached hydrogens (tertiary/aromatic N) is 2. The summed E-state index contributed by atoms with van der Waals surface area (Å²) in [6.07, 6.45) is 0.218. The molecule has 0 radical (unpaired) electrons. The van der Waals surface area contributed by atoms with E-state index >= 15 is 0 Å². The normalized spacial score (nSPS) is 17.5. The van der Waals surface area contributed by atoms with Gasteiger partial charge in [-0.25, -0.2) is 0 Å². The van der Waals surface area contributed by atoms with Crippen LogP contribution in [0.4, 0.5) is 0 Å². The summed E-state index contributed by atoms with van der Waals surface area (Å²) in [7, 11) is 2.09. The Hall–Kier alpha value is -3.44. The highest BCUT2D eigenvalue weighted by molar-refractivity contribution is 5.94. The molecule has 0 spiro atoms. The van der Waals surface area contributed by atoms with Gasteiger partial charge in [0.05, 0.1) is 18.5 Å². The fraction of sp³-hybridized carbons (Fsp3) is 0.259. The first-order valence-electron chi connectivity index (χ1n) is 11.1. The summed E-state index contributed by atoms with van der Waals surface area (Å²) in [5.41, 5.74) is 2.65. The molecule has 5 nitrogen and oxygen atoms in total. The SMILES string of the molecule is CN1CCN(C(=O)CC(NC(=O)c2ccccc2)c2ccccc2)C(c2ccccc2)C1. The van der Waals surface area contributed by atoms with Crippen molar-refractivity contribution in [3.8, 4) is 0 Å². The summed E-state index contributed by atoms with van der Waals surface area (Å²) in [5.74, 6) is -0.126. The minimum Gasteiger partial charge on any atom is -0.345 e. The van der Waals surface area contributed by atoms with Crippen LogP contribution in [-0.2, 0) is 4.79 Å². The summed E-state index contributed by atoms with van der Waals surface area (Å²) >= 11 is 0. The summed E-state index contributed by atoms with van der Waals surface area (Å²) < 4.78 is 0. The van der Waals surface area contributed by atoms with Gasteiger partial charge in [-0.05, 0) is 30.3 Å². The van der Waals surface area contributed by atoms with Crippen molar-refractivity contribution in [2.75, 3.05) is 26.7 Å². The quantitative estimate of drug-likeness (QED) is 0.645. The minimum atomic E-state index is -0.396. The average Bonchev–Trinajstić information content (AvgIpc) is 2.85.